The van der Waals surface area contributed by atoms with Crippen molar-refractivity contribution in [2.24, 2.45) is 0 Å². The highest BCUT2D eigenvalue weighted by Gasteiger charge is 2.24. The zero-order chi connectivity index (χ0) is 15.0. The van der Waals surface area contributed by atoms with Gasteiger partial charge in [0.05, 0.1) is 20.3 Å². The van der Waals surface area contributed by atoms with Crippen LogP contribution in [0.25, 0.3) is 0 Å². The highest BCUT2D eigenvalue weighted by molar-refractivity contribution is 5.65. The quantitative estimate of drug-likeness (QED) is 0.922. The molecule has 1 heterocycles. The van der Waals surface area contributed by atoms with Crippen molar-refractivity contribution in [3.63, 3.8) is 0 Å². The Morgan fingerprint density at radius 2 is 1.76 bits per heavy atom. The van der Waals surface area contributed by atoms with Crippen LogP contribution in [0.15, 0.2) is 30.3 Å². The van der Waals surface area contributed by atoms with Crippen molar-refractivity contribution in [2.45, 2.75) is 26.3 Å². The Labute approximate surface area is 125 Å². The van der Waals surface area contributed by atoms with Crippen LogP contribution in [0.4, 0.5) is 5.69 Å². The molecule has 3 nitrogen and oxygen atoms in total. The lowest BCUT2D eigenvalue weighted by Crippen LogP contribution is -2.06. The van der Waals surface area contributed by atoms with Crippen molar-refractivity contribution >= 4 is 5.69 Å². The normalized spacial score (nSPS) is 16.3. The molecule has 1 atom stereocenters. The summed E-state index contributed by atoms with van der Waals surface area (Å²) >= 11 is 0. The molecule has 0 aliphatic carbocycles. The summed E-state index contributed by atoms with van der Waals surface area (Å²) in [6.45, 7) is 4.33. The van der Waals surface area contributed by atoms with Crippen molar-refractivity contribution < 1.29 is 9.47 Å². The van der Waals surface area contributed by atoms with Crippen LogP contribution in [-0.4, -0.2) is 14.2 Å². The number of nitrogens with one attached hydrogen (secondary N) is 1. The maximum Gasteiger partial charge on any atom is 0.161 e. The topological polar surface area (TPSA) is 30.5 Å². The Hall–Kier alpha value is -2.16. The first kappa shape index (κ1) is 13.8. The average molecular weight is 283 g/mol. The van der Waals surface area contributed by atoms with Gasteiger partial charge in [-0.3, -0.25) is 0 Å². The summed E-state index contributed by atoms with van der Waals surface area (Å²) in [6, 6.07) is 10.9. The molecular weight excluding hydrogens is 262 g/mol. The summed E-state index contributed by atoms with van der Waals surface area (Å²) in [6.07, 6.45) is 1.01. The lowest BCUT2D eigenvalue weighted by molar-refractivity contribution is 0.354. The number of rotatable bonds is 3. The fourth-order valence-corrected chi connectivity index (χ4v) is 2.96. The van der Waals surface area contributed by atoms with E-state index >= 15 is 0 Å². The van der Waals surface area contributed by atoms with Crippen LogP contribution in [0.3, 0.4) is 0 Å². The molecule has 1 aliphatic heterocycles. The molecule has 0 amide bonds. The molecule has 0 spiro atoms. The monoisotopic (exact) mass is 283 g/mol. The number of benzene rings is 2. The molecule has 0 saturated carbocycles. The van der Waals surface area contributed by atoms with Gasteiger partial charge >= 0.3 is 0 Å². The molecule has 0 aromatic heterocycles. The summed E-state index contributed by atoms with van der Waals surface area (Å²) < 4.78 is 10.7. The first-order chi connectivity index (χ1) is 10.1. The minimum absolute atomic E-state index is 0.292. The van der Waals surface area contributed by atoms with Crippen molar-refractivity contribution in [2.75, 3.05) is 19.5 Å². The fraction of sp³-hybridized carbons (Fsp3) is 0.333. The van der Waals surface area contributed by atoms with E-state index in [1.807, 2.05) is 6.07 Å². The summed E-state index contributed by atoms with van der Waals surface area (Å²) in [7, 11) is 3.33. The molecule has 2 aromatic carbocycles. The van der Waals surface area contributed by atoms with Gasteiger partial charge in [0, 0.05) is 5.69 Å². The van der Waals surface area contributed by atoms with Gasteiger partial charge in [0.25, 0.3) is 0 Å². The van der Waals surface area contributed by atoms with E-state index < -0.39 is 0 Å². The third-order valence-corrected chi connectivity index (χ3v) is 4.37. The lowest BCUT2D eigenvalue weighted by Gasteiger charge is -2.15. The molecule has 1 aliphatic rings. The van der Waals surface area contributed by atoms with E-state index in [2.05, 4.69) is 43.4 Å². The van der Waals surface area contributed by atoms with Crippen molar-refractivity contribution in [3.8, 4) is 11.5 Å². The van der Waals surface area contributed by atoms with E-state index in [1.165, 1.54) is 27.9 Å². The molecular formula is C18H21NO2. The number of aryl methyl sites for hydroxylation is 1. The lowest BCUT2D eigenvalue weighted by atomic mass is 10.0. The number of hydrogen-bond acceptors (Lipinski definition) is 3. The van der Waals surface area contributed by atoms with Crippen LogP contribution < -0.4 is 14.8 Å². The molecule has 3 heteroatoms. The van der Waals surface area contributed by atoms with Gasteiger partial charge in [0.2, 0.25) is 0 Å². The van der Waals surface area contributed by atoms with Crippen LogP contribution in [0.2, 0.25) is 0 Å². The first-order valence-electron chi connectivity index (χ1n) is 7.21. The number of ether oxygens (including phenoxy) is 2. The predicted octanol–water partition coefficient (Wildman–Crippen LogP) is 4.03. The zero-order valence-corrected chi connectivity index (χ0v) is 13.0. The van der Waals surface area contributed by atoms with Gasteiger partial charge in [-0.15, -0.1) is 0 Å². The SMILES string of the molecule is COc1ccc(C2Cc3ccc(C)c(C)c3N2)cc1OC. The van der Waals surface area contributed by atoms with Gasteiger partial charge in [0.15, 0.2) is 11.5 Å². The van der Waals surface area contributed by atoms with E-state index in [-0.39, 0.29) is 0 Å². The maximum atomic E-state index is 5.40. The van der Waals surface area contributed by atoms with E-state index in [0.717, 1.165) is 17.9 Å². The van der Waals surface area contributed by atoms with Crippen LogP contribution in [0, 0.1) is 13.8 Å². The fourth-order valence-electron chi connectivity index (χ4n) is 2.96. The van der Waals surface area contributed by atoms with Gasteiger partial charge < -0.3 is 14.8 Å². The summed E-state index contributed by atoms with van der Waals surface area (Å²) in [5.74, 6) is 1.55. The van der Waals surface area contributed by atoms with E-state index in [4.69, 9.17) is 9.47 Å². The maximum absolute atomic E-state index is 5.40. The van der Waals surface area contributed by atoms with Crippen LogP contribution in [0.5, 0.6) is 11.5 Å². The Kier molecular flexibility index (Phi) is 3.50. The van der Waals surface area contributed by atoms with Crippen LogP contribution >= 0.6 is 0 Å². The smallest absolute Gasteiger partial charge is 0.161 e. The van der Waals surface area contributed by atoms with Gasteiger partial charge in [0.1, 0.15) is 0 Å². The minimum Gasteiger partial charge on any atom is -0.493 e. The molecule has 0 saturated heterocycles. The van der Waals surface area contributed by atoms with Crippen molar-refractivity contribution in [3.05, 3.63) is 52.6 Å². The van der Waals surface area contributed by atoms with Crippen LogP contribution in [0.1, 0.15) is 28.3 Å². The number of hydrogen-bond donors (Lipinski definition) is 1. The Bertz CT molecular complexity index is 679. The van der Waals surface area contributed by atoms with E-state index in [9.17, 15) is 0 Å². The summed E-state index contributed by atoms with van der Waals surface area (Å²) in [5, 5.41) is 3.65. The largest absolute Gasteiger partial charge is 0.493 e. The molecule has 21 heavy (non-hydrogen) atoms. The summed E-state index contributed by atoms with van der Waals surface area (Å²) in [5.41, 5.74) is 6.57. The second-order valence-electron chi connectivity index (χ2n) is 5.56. The predicted molar refractivity (Wildman–Crippen MR) is 85.5 cm³/mol. The van der Waals surface area contributed by atoms with Crippen molar-refractivity contribution in [1.29, 1.82) is 0 Å². The van der Waals surface area contributed by atoms with Gasteiger partial charge in [-0.05, 0) is 54.7 Å². The molecule has 0 bridgehead atoms. The average Bonchev–Trinajstić information content (AvgIpc) is 2.95. The zero-order valence-electron chi connectivity index (χ0n) is 13.0. The molecule has 3 rings (SSSR count). The Morgan fingerprint density at radius 1 is 1.00 bits per heavy atom. The highest BCUT2D eigenvalue weighted by atomic mass is 16.5. The Balaban J connectivity index is 1.92. The third-order valence-electron chi connectivity index (χ3n) is 4.37. The molecule has 2 aromatic rings. The standard InChI is InChI=1S/C18H21NO2/c1-11-5-6-14-9-15(19-18(14)12(11)2)13-7-8-16(20-3)17(10-13)21-4/h5-8,10,15,19H,9H2,1-4H3. The van der Waals surface area contributed by atoms with Crippen molar-refractivity contribution in [1.82, 2.24) is 0 Å². The molecule has 0 fully saturated rings. The molecule has 110 valence electrons. The second-order valence-corrected chi connectivity index (χ2v) is 5.56. The van der Waals surface area contributed by atoms with E-state index in [0.29, 0.717) is 6.04 Å². The van der Waals surface area contributed by atoms with Gasteiger partial charge in [-0.1, -0.05) is 18.2 Å². The second kappa shape index (κ2) is 5.32. The summed E-state index contributed by atoms with van der Waals surface area (Å²) in [4.78, 5) is 0. The minimum atomic E-state index is 0.292. The molecule has 1 unspecified atom stereocenters. The number of anilines is 1. The molecule has 1 N–H and O–H groups in total. The number of fused-ring (bicyclic) bond motifs is 1. The van der Waals surface area contributed by atoms with Gasteiger partial charge in [-0.25, -0.2) is 0 Å². The van der Waals surface area contributed by atoms with Gasteiger partial charge in [-0.2, -0.15) is 0 Å². The van der Waals surface area contributed by atoms with Crippen LogP contribution in [-0.2, 0) is 6.42 Å². The Morgan fingerprint density at radius 3 is 2.48 bits per heavy atom. The number of methoxy groups -OCH3 is 2. The van der Waals surface area contributed by atoms with E-state index in [1.54, 1.807) is 14.2 Å². The highest BCUT2D eigenvalue weighted by Crippen LogP contribution is 2.39. The molecule has 0 radical (unpaired) electrons. The third kappa shape index (κ3) is 2.33. The first-order valence-corrected chi connectivity index (χ1v) is 7.21.